The van der Waals surface area contributed by atoms with Crippen molar-refractivity contribution in [3.8, 4) is 0 Å². The zero-order chi connectivity index (χ0) is 12.7. The average molecular weight is 330 g/mol. The average Bonchev–Trinajstić information content (AvgIpc) is 2.37. The van der Waals surface area contributed by atoms with Crippen LogP contribution in [0.3, 0.4) is 0 Å². The van der Waals surface area contributed by atoms with Gasteiger partial charge in [-0.2, -0.15) is 0 Å². The van der Waals surface area contributed by atoms with Crippen LogP contribution in [-0.4, -0.2) is 60.8 Å². The van der Waals surface area contributed by atoms with E-state index in [0.717, 1.165) is 36.7 Å². The van der Waals surface area contributed by atoms with Gasteiger partial charge in [0.15, 0.2) is 0 Å². The highest BCUT2D eigenvalue weighted by atomic mass is 79.9. The summed E-state index contributed by atoms with van der Waals surface area (Å²) >= 11 is 0. The van der Waals surface area contributed by atoms with Crippen LogP contribution in [0.1, 0.15) is 20.8 Å². The van der Waals surface area contributed by atoms with Gasteiger partial charge in [0.25, 0.3) is 0 Å². The van der Waals surface area contributed by atoms with E-state index in [2.05, 4.69) is 20.8 Å². The first kappa shape index (κ1) is 19.9. The second kappa shape index (κ2) is 9.46. The summed E-state index contributed by atoms with van der Waals surface area (Å²) in [7, 11) is 2.64. The number of quaternary nitrogens is 1. The van der Waals surface area contributed by atoms with Gasteiger partial charge in [0.1, 0.15) is 0 Å². The molecule has 4 nitrogen and oxygen atoms in total. The van der Waals surface area contributed by atoms with Crippen LogP contribution in [-0.2, 0) is 13.3 Å². The molecule has 6 heteroatoms. The van der Waals surface area contributed by atoms with Gasteiger partial charge in [-0.1, -0.05) is 0 Å². The number of rotatable bonds is 9. The van der Waals surface area contributed by atoms with Crippen LogP contribution in [0, 0.1) is 0 Å². The monoisotopic (exact) mass is 329 g/mol. The minimum atomic E-state index is -2.39. The van der Waals surface area contributed by atoms with E-state index in [1.807, 2.05) is 0 Å². The molecule has 0 aliphatic heterocycles. The molecule has 0 aliphatic carbocycles. The molecular formula is C11H28BrNO3Si. The molecular weight excluding hydrogens is 302 g/mol. The molecule has 0 bridgehead atoms. The summed E-state index contributed by atoms with van der Waals surface area (Å²) in [5.41, 5.74) is 0. The minimum Gasteiger partial charge on any atom is -1.00 e. The van der Waals surface area contributed by atoms with E-state index in [1.165, 1.54) is 0 Å². The first-order valence-electron chi connectivity index (χ1n) is 6.08. The maximum Gasteiger partial charge on any atom is 0.505 e. The van der Waals surface area contributed by atoms with Crippen LogP contribution in [0.25, 0.3) is 0 Å². The molecule has 0 aromatic carbocycles. The van der Waals surface area contributed by atoms with Crippen LogP contribution in [0.4, 0.5) is 0 Å². The van der Waals surface area contributed by atoms with Crippen molar-refractivity contribution in [2.75, 3.05) is 47.5 Å². The molecule has 0 atom stereocenters. The van der Waals surface area contributed by atoms with Gasteiger partial charge in [-0.05, 0) is 20.8 Å². The third-order valence-electron chi connectivity index (χ3n) is 3.84. The van der Waals surface area contributed by atoms with E-state index in [1.54, 1.807) is 21.3 Å². The predicted octanol–water partition coefficient (Wildman–Crippen LogP) is -1.25. The van der Waals surface area contributed by atoms with Gasteiger partial charge in [-0.3, -0.25) is 0 Å². The van der Waals surface area contributed by atoms with Crippen molar-refractivity contribution in [2.45, 2.75) is 26.8 Å². The Bertz CT molecular complexity index is 151. The summed E-state index contributed by atoms with van der Waals surface area (Å²) in [4.78, 5) is 0. The molecule has 0 amide bonds. The molecule has 0 aliphatic rings. The lowest BCUT2D eigenvalue weighted by atomic mass is 10.3. The quantitative estimate of drug-likeness (QED) is 0.390. The van der Waals surface area contributed by atoms with Crippen molar-refractivity contribution < 1.29 is 34.7 Å². The van der Waals surface area contributed by atoms with Crippen LogP contribution in [0.2, 0.25) is 6.04 Å². The zero-order valence-electron chi connectivity index (χ0n) is 12.1. The van der Waals surface area contributed by atoms with E-state index < -0.39 is 8.80 Å². The van der Waals surface area contributed by atoms with Gasteiger partial charge < -0.3 is 34.7 Å². The Morgan fingerprint density at radius 2 is 1.18 bits per heavy atom. The molecule has 0 aromatic rings. The van der Waals surface area contributed by atoms with Crippen LogP contribution in [0.5, 0.6) is 0 Å². The summed E-state index contributed by atoms with van der Waals surface area (Å²) in [6.45, 7) is 11.2. The minimum absolute atomic E-state index is 0. The SMILES string of the molecule is CC[N+](CC)(CC)CC[Si](OC)(OC)OC.[Br-]. The van der Waals surface area contributed by atoms with Crippen molar-refractivity contribution in [3.63, 3.8) is 0 Å². The largest absolute Gasteiger partial charge is 1.00 e. The Balaban J connectivity index is 0. The Hall–Kier alpha value is 0.537. The molecule has 0 rings (SSSR count). The third-order valence-corrected chi connectivity index (χ3v) is 6.54. The molecule has 0 aromatic heterocycles. The molecule has 0 saturated carbocycles. The molecule has 0 fully saturated rings. The lowest BCUT2D eigenvalue weighted by Crippen LogP contribution is -3.00. The van der Waals surface area contributed by atoms with Crippen LogP contribution >= 0.6 is 0 Å². The highest BCUT2D eigenvalue weighted by Gasteiger charge is 2.40. The fraction of sp³-hybridized carbons (Fsp3) is 1.00. The Morgan fingerprint density at radius 1 is 0.824 bits per heavy atom. The Kier molecular flexibility index (Phi) is 11.1. The van der Waals surface area contributed by atoms with E-state index >= 15 is 0 Å². The fourth-order valence-electron chi connectivity index (χ4n) is 2.08. The van der Waals surface area contributed by atoms with E-state index in [0.29, 0.717) is 0 Å². The van der Waals surface area contributed by atoms with Gasteiger partial charge in [0.2, 0.25) is 0 Å². The van der Waals surface area contributed by atoms with E-state index in [4.69, 9.17) is 13.3 Å². The van der Waals surface area contributed by atoms with Crippen LogP contribution in [0.15, 0.2) is 0 Å². The smallest absolute Gasteiger partial charge is 0.505 e. The number of hydrogen-bond acceptors (Lipinski definition) is 3. The molecule has 17 heavy (non-hydrogen) atoms. The van der Waals surface area contributed by atoms with Crippen molar-refractivity contribution in [2.24, 2.45) is 0 Å². The van der Waals surface area contributed by atoms with E-state index in [9.17, 15) is 0 Å². The highest BCUT2D eigenvalue weighted by Crippen LogP contribution is 2.17. The van der Waals surface area contributed by atoms with Gasteiger partial charge >= 0.3 is 8.80 Å². The van der Waals surface area contributed by atoms with Gasteiger partial charge in [-0.15, -0.1) is 0 Å². The summed E-state index contributed by atoms with van der Waals surface area (Å²) in [6.07, 6.45) is 0. The number of hydrogen-bond donors (Lipinski definition) is 0. The predicted molar refractivity (Wildman–Crippen MR) is 68.3 cm³/mol. The molecule has 0 heterocycles. The molecule has 106 valence electrons. The summed E-state index contributed by atoms with van der Waals surface area (Å²) < 4.78 is 17.5. The maximum absolute atomic E-state index is 5.45. The first-order chi connectivity index (χ1) is 7.57. The molecule has 0 spiro atoms. The van der Waals surface area contributed by atoms with Gasteiger partial charge in [0.05, 0.1) is 32.2 Å². The summed E-state index contributed by atoms with van der Waals surface area (Å²) in [6, 6.07) is 0.881. The normalized spacial score (nSPS) is 12.4. The van der Waals surface area contributed by atoms with Gasteiger partial charge in [-0.25, -0.2) is 0 Å². The summed E-state index contributed by atoms with van der Waals surface area (Å²) in [5.74, 6) is 0. The molecule has 0 N–H and O–H groups in total. The lowest BCUT2D eigenvalue weighted by molar-refractivity contribution is -0.921. The molecule has 0 saturated heterocycles. The number of nitrogens with zero attached hydrogens (tertiary/aromatic N) is 1. The van der Waals surface area contributed by atoms with Crippen molar-refractivity contribution in [1.29, 1.82) is 0 Å². The highest BCUT2D eigenvalue weighted by molar-refractivity contribution is 6.60. The Labute approximate surface area is 118 Å². The number of halogens is 1. The van der Waals surface area contributed by atoms with E-state index in [-0.39, 0.29) is 17.0 Å². The maximum atomic E-state index is 5.45. The van der Waals surface area contributed by atoms with Crippen molar-refractivity contribution in [3.05, 3.63) is 0 Å². The van der Waals surface area contributed by atoms with Gasteiger partial charge in [0, 0.05) is 21.3 Å². The third kappa shape index (κ3) is 5.36. The standard InChI is InChI=1S/C11H28NO3Si.BrH/c1-7-12(8-2,9-3)10-11-16(13-4,14-5)15-6;/h7-11H2,1-6H3;1H/q+1;/p-1. The lowest BCUT2D eigenvalue weighted by Gasteiger charge is -2.37. The second-order valence-corrected chi connectivity index (χ2v) is 7.15. The summed E-state index contributed by atoms with van der Waals surface area (Å²) in [5, 5.41) is 0. The topological polar surface area (TPSA) is 27.7 Å². The fourth-order valence-corrected chi connectivity index (χ4v) is 3.94. The Morgan fingerprint density at radius 3 is 1.41 bits per heavy atom. The molecule has 0 unspecified atom stereocenters. The van der Waals surface area contributed by atoms with Crippen LogP contribution < -0.4 is 17.0 Å². The second-order valence-electron chi connectivity index (χ2n) is 4.06. The first-order valence-corrected chi connectivity index (χ1v) is 8.01. The van der Waals surface area contributed by atoms with Crippen molar-refractivity contribution >= 4 is 8.80 Å². The zero-order valence-corrected chi connectivity index (χ0v) is 14.7. The molecule has 0 radical (unpaired) electrons. The van der Waals surface area contributed by atoms with Crippen molar-refractivity contribution in [1.82, 2.24) is 0 Å².